The molecule has 0 aliphatic carbocycles. The maximum atomic E-state index is 11.0. The summed E-state index contributed by atoms with van der Waals surface area (Å²) < 4.78 is 0. The molecule has 0 radical (unpaired) electrons. The fraction of sp³-hybridized carbons (Fsp3) is 0.400. The molecule has 0 saturated carbocycles. The summed E-state index contributed by atoms with van der Waals surface area (Å²) in [7, 11) is 0. The molecule has 3 heteroatoms. The van der Waals surface area contributed by atoms with E-state index in [1.165, 1.54) is 5.56 Å². The molecule has 3 nitrogen and oxygen atoms in total. The number of carboxylic acids is 1. The van der Waals surface area contributed by atoms with Crippen molar-refractivity contribution in [1.29, 1.82) is 0 Å². The monoisotopic (exact) mass is 247 g/mol. The number of aliphatic carboxylic acids is 1. The highest BCUT2D eigenvalue weighted by Gasteiger charge is 2.16. The van der Waals surface area contributed by atoms with Crippen LogP contribution in [0.1, 0.15) is 19.4 Å². The van der Waals surface area contributed by atoms with Crippen LogP contribution < -0.4 is 4.90 Å². The van der Waals surface area contributed by atoms with Gasteiger partial charge < -0.3 is 10.0 Å². The lowest BCUT2D eigenvalue weighted by molar-refractivity contribution is -0.140. The molecule has 18 heavy (non-hydrogen) atoms. The summed E-state index contributed by atoms with van der Waals surface area (Å²) in [6.07, 6.45) is 0. The second-order valence-electron chi connectivity index (χ2n) is 4.92. The van der Waals surface area contributed by atoms with Crippen LogP contribution in [0.15, 0.2) is 36.4 Å². The molecular weight excluding hydrogens is 226 g/mol. The summed E-state index contributed by atoms with van der Waals surface area (Å²) in [6, 6.07) is 8.09. The highest BCUT2D eigenvalue weighted by atomic mass is 16.4. The van der Waals surface area contributed by atoms with E-state index in [0.29, 0.717) is 13.1 Å². The molecule has 0 spiro atoms. The molecule has 1 atom stereocenters. The Labute approximate surface area is 109 Å². The maximum Gasteiger partial charge on any atom is 0.308 e. The number of benzene rings is 1. The Morgan fingerprint density at radius 1 is 1.50 bits per heavy atom. The van der Waals surface area contributed by atoms with Gasteiger partial charge in [-0.15, -0.1) is 0 Å². The summed E-state index contributed by atoms with van der Waals surface area (Å²) in [6.45, 7) is 10.8. The van der Waals surface area contributed by atoms with Gasteiger partial charge >= 0.3 is 5.97 Å². The zero-order valence-corrected chi connectivity index (χ0v) is 11.3. The number of carboxylic acid groups (broad SMARTS) is 1. The van der Waals surface area contributed by atoms with Gasteiger partial charge in [-0.2, -0.15) is 0 Å². The minimum atomic E-state index is -0.769. The standard InChI is InChI=1S/C15H21NO2/c1-11(2)9-16(10-13(4)15(17)18)14-7-5-6-12(3)8-14/h5-8,13H,1,9-10H2,2-4H3,(H,17,18). The second-order valence-corrected chi connectivity index (χ2v) is 4.92. The molecule has 1 rings (SSSR count). The minimum Gasteiger partial charge on any atom is -0.481 e. The lowest BCUT2D eigenvalue weighted by Crippen LogP contribution is -2.33. The largest absolute Gasteiger partial charge is 0.481 e. The van der Waals surface area contributed by atoms with Gasteiger partial charge in [-0.25, -0.2) is 0 Å². The van der Waals surface area contributed by atoms with E-state index in [0.717, 1.165) is 11.3 Å². The van der Waals surface area contributed by atoms with E-state index in [4.69, 9.17) is 5.11 Å². The van der Waals surface area contributed by atoms with Crippen LogP contribution in [-0.4, -0.2) is 24.2 Å². The Morgan fingerprint density at radius 2 is 2.17 bits per heavy atom. The molecule has 0 aliphatic heterocycles. The number of carbonyl (C=O) groups is 1. The third-order valence-electron chi connectivity index (χ3n) is 2.74. The van der Waals surface area contributed by atoms with Crippen LogP contribution in [0.25, 0.3) is 0 Å². The molecule has 1 aromatic rings. The van der Waals surface area contributed by atoms with Crippen LogP contribution in [0.2, 0.25) is 0 Å². The topological polar surface area (TPSA) is 40.5 Å². The molecule has 0 saturated heterocycles. The maximum absolute atomic E-state index is 11.0. The SMILES string of the molecule is C=C(C)CN(CC(C)C(=O)O)c1cccc(C)c1. The summed E-state index contributed by atoms with van der Waals surface area (Å²) in [5.41, 5.74) is 3.24. The van der Waals surface area contributed by atoms with Crippen molar-refractivity contribution < 1.29 is 9.90 Å². The molecular formula is C15H21NO2. The second kappa shape index (κ2) is 6.24. The summed E-state index contributed by atoms with van der Waals surface area (Å²) in [4.78, 5) is 13.0. The van der Waals surface area contributed by atoms with Crippen LogP contribution in [0, 0.1) is 12.8 Å². The van der Waals surface area contributed by atoms with E-state index in [-0.39, 0.29) is 0 Å². The number of aryl methyl sites for hydroxylation is 1. The van der Waals surface area contributed by atoms with Crippen molar-refractivity contribution in [2.45, 2.75) is 20.8 Å². The first kappa shape index (κ1) is 14.3. The van der Waals surface area contributed by atoms with Crippen molar-refractivity contribution >= 4 is 11.7 Å². The lowest BCUT2D eigenvalue weighted by atomic mass is 10.1. The van der Waals surface area contributed by atoms with Gasteiger partial charge in [0.25, 0.3) is 0 Å². The van der Waals surface area contributed by atoms with Crippen molar-refractivity contribution in [2.24, 2.45) is 5.92 Å². The number of anilines is 1. The highest BCUT2D eigenvalue weighted by molar-refractivity contribution is 5.70. The summed E-state index contributed by atoms with van der Waals surface area (Å²) >= 11 is 0. The van der Waals surface area contributed by atoms with Gasteiger partial charge in [-0.1, -0.05) is 31.2 Å². The number of hydrogen-bond acceptors (Lipinski definition) is 2. The van der Waals surface area contributed by atoms with E-state index in [2.05, 4.69) is 17.5 Å². The molecule has 0 heterocycles. The van der Waals surface area contributed by atoms with Crippen molar-refractivity contribution in [2.75, 3.05) is 18.0 Å². The van der Waals surface area contributed by atoms with Crippen LogP contribution in [0.4, 0.5) is 5.69 Å². The fourth-order valence-electron chi connectivity index (χ4n) is 1.82. The predicted octanol–water partition coefficient (Wildman–Crippen LogP) is 3.10. The van der Waals surface area contributed by atoms with Crippen LogP contribution >= 0.6 is 0 Å². The minimum absolute atomic E-state index is 0.398. The van der Waals surface area contributed by atoms with Gasteiger partial charge in [0, 0.05) is 18.8 Å². The Morgan fingerprint density at radius 3 is 2.67 bits per heavy atom. The van der Waals surface area contributed by atoms with Gasteiger partial charge in [0.05, 0.1) is 5.92 Å². The van der Waals surface area contributed by atoms with Gasteiger partial charge in [-0.3, -0.25) is 4.79 Å². The average molecular weight is 247 g/mol. The summed E-state index contributed by atoms with van der Waals surface area (Å²) in [5, 5.41) is 9.02. The first-order chi connectivity index (χ1) is 8.40. The molecule has 0 aromatic heterocycles. The van der Waals surface area contributed by atoms with E-state index in [1.807, 2.05) is 32.0 Å². The van der Waals surface area contributed by atoms with Crippen molar-refractivity contribution in [1.82, 2.24) is 0 Å². The average Bonchev–Trinajstić information content (AvgIpc) is 2.27. The summed E-state index contributed by atoms with van der Waals surface area (Å²) in [5.74, 6) is -1.17. The normalized spacial score (nSPS) is 11.9. The highest BCUT2D eigenvalue weighted by Crippen LogP contribution is 2.18. The third kappa shape index (κ3) is 4.24. The van der Waals surface area contributed by atoms with Crippen molar-refractivity contribution in [3.63, 3.8) is 0 Å². The Hall–Kier alpha value is -1.77. The molecule has 1 N–H and O–H groups in total. The molecule has 1 unspecified atom stereocenters. The van der Waals surface area contributed by atoms with Gasteiger partial charge in [0.2, 0.25) is 0 Å². The van der Waals surface area contributed by atoms with Crippen molar-refractivity contribution in [3.05, 3.63) is 42.0 Å². The van der Waals surface area contributed by atoms with Gasteiger partial charge in [0.15, 0.2) is 0 Å². The predicted molar refractivity (Wildman–Crippen MR) is 75.0 cm³/mol. The first-order valence-corrected chi connectivity index (χ1v) is 6.09. The molecule has 0 bridgehead atoms. The Bertz CT molecular complexity index is 440. The molecule has 0 fully saturated rings. The molecule has 0 amide bonds. The van der Waals surface area contributed by atoms with E-state index in [9.17, 15) is 4.79 Å². The number of rotatable bonds is 6. The smallest absolute Gasteiger partial charge is 0.308 e. The van der Waals surface area contributed by atoms with E-state index < -0.39 is 11.9 Å². The van der Waals surface area contributed by atoms with Crippen LogP contribution in [0.3, 0.4) is 0 Å². The quantitative estimate of drug-likeness (QED) is 0.785. The van der Waals surface area contributed by atoms with Crippen LogP contribution in [0.5, 0.6) is 0 Å². The zero-order chi connectivity index (χ0) is 13.7. The molecule has 0 aliphatic rings. The molecule has 1 aromatic carbocycles. The lowest BCUT2D eigenvalue weighted by Gasteiger charge is -2.27. The Kier molecular flexibility index (Phi) is 4.95. The number of nitrogens with zero attached hydrogens (tertiary/aromatic N) is 1. The fourth-order valence-corrected chi connectivity index (χ4v) is 1.82. The van der Waals surface area contributed by atoms with Gasteiger partial charge in [-0.05, 0) is 31.5 Å². The number of hydrogen-bond donors (Lipinski definition) is 1. The van der Waals surface area contributed by atoms with Crippen molar-refractivity contribution in [3.8, 4) is 0 Å². The van der Waals surface area contributed by atoms with Gasteiger partial charge in [0.1, 0.15) is 0 Å². The first-order valence-electron chi connectivity index (χ1n) is 6.09. The van der Waals surface area contributed by atoms with Crippen LogP contribution in [-0.2, 0) is 4.79 Å². The van der Waals surface area contributed by atoms with E-state index >= 15 is 0 Å². The third-order valence-corrected chi connectivity index (χ3v) is 2.74. The molecule has 98 valence electrons. The Balaban J connectivity index is 2.90. The van der Waals surface area contributed by atoms with E-state index in [1.54, 1.807) is 6.92 Å². The zero-order valence-electron chi connectivity index (χ0n) is 11.3.